The molecule has 0 aromatic heterocycles. The largest absolute Gasteiger partial charge is 0.350 e. The molecule has 4 N–H and O–H groups in total. The van der Waals surface area contributed by atoms with Gasteiger partial charge in [0.1, 0.15) is 0 Å². The van der Waals surface area contributed by atoms with E-state index in [1.54, 1.807) is 32.0 Å². The van der Waals surface area contributed by atoms with E-state index < -0.39 is 0 Å². The summed E-state index contributed by atoms with van der Waals surface area (Å²) in [6.07, 6.45) is 0. The molecule has 2 unspecified atom stereocenters. The van der Waals surface area contributed by atoms with Crippen LogP contribution in [-0.4, -0.2) is 23.9 Å². The Hall–Kier alpha value is -1.59. The number of rotatable bonds is 5. The van der Waals surface area contributed by atoms with Gasteiger partial charge in [-0.2, -0.15) is 0 Å². The van der Waals surface area contributed by atoms with Gasteiger partial charge in [0.15, 0.2) is 0 Å². The molecule has 0 spiro atoms. The highest BCUT2D eigenvalue weighted by atomic mass is 35.5. The van der Waals surface area contributed by atoms with Crippen molar-refractivity contribution in [2.45, 2.75) is 46.7 Å². The summed E-state index contributed by atoms with van der Waals surface area (Å²) in [5.74, 6) is -0.498. The molecule has 2 amide bonds. The fourth-order valence-electron chi connectivity index (χ4n) is 1.83. The number of halogens is 1. The van der Waals surface area contributed by atoms with Crippen molar-refractivity contribution in [3.8, 4) is 0 Å². The fourth-order valence-corrected chi connectivity index (χ4v) is 1.83. The van der Waals surface area contributed by atoms with E-state index in [0.717, 1.165) is 5.56 Å². The first-order chi connectivity index (χ1) is 9.72. The highest BCUT2D eigenvalue weighted by molar-refractivity contribution is 5.97. The number of nitrogens with one attached hydrogen (secondary N) is 2. The van der Waals surface area contributed by atoms with Crippen molar-refractivity contribution in [3.63, 3.8) is 0 Å². The molecular weight excluding hydrogens is 302 g/mol. The molecule has 0 radical (unpaired) electrons. The molecular formula is C16H26ClN3O2. The van der Waals surface area contributed by atoms with Gasteiger partial charge in [-0.1, -0.05) is 6.92 Å². The molecule has 1 rings (SSSR count). The van der Waals surface area contributed by atoms with Crippen LogP contribution in [0.15, 0.2) is 18.2 Å². The van der Waals surface area contributed by atoms with Gasteiger partial charge in [-0.15, -0.1) is 12.4 Å². The number of carbonyl (C=O) groups is 2. The Morgan fingerprint density at radius 2 is 1.73 bits per heavy atom. The van der Waals surface area contributed by atoms with E-state index in [4.69, 9.17) is 5.73 Å². The molecule has 0 saturated heterocycles. The van der Waals surface area contributed by atoms with Crippen LogP contribution in [0.1, 0.15) is 43.6 Å². The van der Waals surface area contributed by atoms with Crippen LogP contribution in [0.3, 0.4) is 0 Å². The lowest BCUT2D eigenvalue weighted by Gasteiger charge is -2.16. The summed E-state index contributed by atoms with van der Waals surface area (Å²) < 4.78 is 0. The first kappa shape index (κ1) is 20.4. The van der Waals surface area contributed by atoms with E-state index in [1.165, 1.54) is 0 Å². The van der Waals surface area contributed by atoms with Crippen LogP contribution in [-0.2, 0) is 4.79 Å². The normalized spacial score (nSPS) is 13.0. The van der Waals surface area contributed by atoms with E-state index in [-0.39, 0.29) is 42.2 Å². The molecule has 22 heavy (non-hydrogen) atoms. The summed E-state index contributed by atoms with van der Waals surface area (Å²) in [5.41, 5.74) is 7.82. The lowest BCUT2D eigenvalue weighted by molar-refractivity contribution is -0.119. The number of carbonyl (C=O) groups excluding carboxylic acids is 2. The minimum absolute atomic E-state index is 0. The van der Waals surface area contributed by atoms with Gasteiger partial charge in [0.25, 0.3) is 5.91 Å². The van der Waals surface area contributed by atoms with Crippen LogP contribution in [0, 0.1) is 12.8 Å². The maximum absolute atomic E-state index is 12.0. The molecule has 1 aromatic carbocycles. The average Bonchev–Trinajstić information content (AvgIpc) is 2.36. The molecule has 1 aromatic rings. The van der Waals surface area contributed by atoms with Crippen LogP contribution >= 0.6 is 12.4 Å². The Kier molecular flexibility index (Phi) is 8.12. The van der Waals surface area contributed by atoms with Crippen molar-refractivity contribution >= 4 is 29.9 Å². The predicted molar refractivity (Wildman–Crippen MR) is 92.5 cm³/mol. The molecule has 0 aliphatic heterocycles. The van der Waals surface area contributed by atoms with Crippen molar-refractivity contribution in [1.29, 1.82) is 0 Å². The van der Waals surface area contributed by atoms with Gasteiger partial charge < -0.3 is 16.4 Å². The first-order valence-electron chi connectivity index (χ1n) is 7.20. The van der Waals surface area contributed by atoms with Crippen LogP contribution in [0.4, 0.5) is 5.69 Å². The zero-order valence-electron chi connectivity index (χ0n) is 13.8. The molecule has 124 valence electrons. The topological polar surface area (TPSA) is 84.2 Å². The van der Waals surface area contributed by atoms with Gasteiger partial charge in [-0.3, -0.25) is 9.59 Å². The van der Waals surface area contributed by atoms with E-state index in [1.807, 2.05) is 20.8 Å². The van der Waals surface area contributed by atoms with Gasteiger partial charge in [-0.25, -0.2) is 0 Å². The third-order valence-electron chi connectivity index (χ3n) is 3.36. The summed E-state index contributed by atoms with van der Waals surface area (Å²) in [6.45, 7) is 9.26. The molecule has 0 aliphatic carbocycles. The monoisotopic (exact) mass is 327 g/mol. The SMILES string of the molecule is Cc1cc(NC(=O)C(C)C(C)N)ccc1C(=O)NC(C)C.Cl. The zero-order chi connectivity index (χ0) is 16.2. The second kappa shape index (κ2) is 8.76. The average molecular weight is 328 g/mol. The van der Waals surface area contributed by atoms with Crippen LogP contribution in [0.25, 0.3) is 0 Å². The lowest BCUT2D eigenvalue weighted by Crippen LogP contribution is -2.34. The Morgan fingerprint density at radius 3 is 2.18 bits per heavy atom. The molecule has 0 saturated carbocycles. The highest BCUT2D eigenvalue weighted by Crippen LogP contribution is 2.16. The summed E-state index contributed by atoms with van der Waals surface area (Å²) in [4.78, 5) is 24.0. The number of amides is 2. The number of benzene rings is 1. The van der Waals surface area contributed by atoms with Crippen LogP contribution < -0.4 is 16.4 Å². The van der Waals surface area contributed by atoms with Gasteiger partial charge in [0.2, 0.25) is 5.91 Å². The van der Waals surface area contributed by atoms with Gasteiger partial charge in [0.05, 0.1) is 5.92 Å². The Balaban J connectivity index is 0.00000441. The molecule has 6 heteroatoms. The van der Waals surface area contributed by atoms with E-state index in [0.29, 0.717) is 11.3 Å². The number of hydrogen-bond acceptors (Lipinski definition) is 3. The van der Waals surface area contributed by atoms with Crippen molar-refractivity contribution in [2.75, 3.05) is 5.32 Å². The van der Waals surface area contributed by atoms with Crippen molar-refractivity contribution in [2.24, 2.45) is 11.7 Å². The Bertz CT molecular complexity index is 530. The third kappa shape index (κ3) is 5.66. The zero-order valence-corrected chi connectivity index (χ0v) is 14.6. The van der Waals surface area contributed by atoms with E-state index in [2.05, 4.69) is 10.6 Å². The van der Waals surface area contributed by atoms with Crippen molar-refractivity contribution < 1.29 is 9.59 Å². The summed E-state index contributed by atoms with van der Waals surface area (Å²) >= 11 is 0. The third-order valence-corrected chi connectivity index (χ3v) is 3.36. The number of aryl methyl sites for hydroxylation is 1. The van der Waals surface area contributed by atoms with Crippen molar-refractivity contribution in [3.05, 3.63) is 29.3 Å². The van der Waals surface area contributed by atoms with Crippen molar-refractivity contribution in [1.82, 2.24) is 5.32 Å². The van der Waals surface area contributed by atoms with Crippen LogP contribution in [0.5, 0.6) is 0 Å². The van der Waals surface area contributed by atoms with Gasteiger partial charge in [-0.05, 0) is 51.5 Å². The lowest BCUT2D eigenvalue weighted by atomic mass is 10.0. The van der Waals surface area contributed by atoms with E-state index >= 15 is 0 Å². The molecule has 0 aliphatic rings. The molecule has 2 atom stereocenters. The number of anilines is 1. The Labute approximate surface area is 138 Å². The van der Waals surface area contributed by atoms with Crippen LogP contribution in [0.2, 0.25) is 0 Å². The second-order valence-corrected chi connectivity index (χ2v) is 5.79. The smallest absolute Gasteiger partial charge is 0.251 e. The minimum atomic E-state index is -0.269. The maximum Gasteiger partial charge on any atom is 0.251 e. The molecule has 0 fully saturated rings. The van der Waals surface area contributed by atoms with E-state index in [9.17, 15) is 9.59 Å². The number of nitrogens with two attached hydrogens (primary N) is 1. The maximum atomic E-state index is 12.0. The summed E-state index contributed by atoms with van der Waals surface area (Å²) in [5, 5.41) is 5.67. The quantitative estimate of drug-likeness (QED) is 0.776. The van der Waals surface area contributed by atoms with Gasteiger partial charge in [0, 0.05) is 23.3 Å². The predicted octanol–water partition coefficient (Wildman–Crippen LogP) is 2.48. The molecule has 0 heterocycles. The minimum Gasteiger partial charge on any atom is -0.350 e. The first-order valence-corrected chi connectivity index (χ1v) is 7.20. The van der Waals surface area contributed by atoms with Gasteiger partial charge >= 0.3 is 0 Å². The fraction of sp³-hybridized carbons (Fsp3) is 0.500. The highest BCUT2D eigenvalue weighted by Gasteiger charge is 2.17. The number of hydrogen-bond donors (Lipinski definition) is 3. The standard InChI is InChI=1S/C16H25N3O2.ClH/c1-9(2)18-16(21)14-7-6-13(8-10(14)3)19-15(20)11(4)12(5)17;/h6-9,11-12H,17H2,1-5H3,(H,18,21)(H,19,20);1H. The summed E-state index contributed by atoms with van der Waals surface area (Å²) in [7, 11) is 0. The Morgan fingerprint density at radius 1 is 1.14 bits per heavy atom. The molecule has 5 nitrogen and oxygen atoms in total. The molecule has 0 bridgehead atoms. The summed E-state index contributed by atoms with van der Waals surface area (Å²) in [6, 6.07) is 5.12. The second-order valence-electron chi connectivity index (χ2n) is 5.79.